The van der Waals surface area contributed by atoms with E-state index < -0.39 is 52.8 Å². The van der Waals surface area contributed by atoms with Gasteiger partial charge in [0.15, 0.2) is 0 Å². The maximum Gasteiger partial charge on any atom is 0.460 e. The summed E-state index contributed by atoms with van der Waals surface area (Å²) in [4.78, 5) is 61.3. The summed E-state index contributed by atoms with van der Waals surface area (Å²) in [6.45, 7) is 4.40. The molecule has 1 aliphatic heterocycles. The van der Waals surface area contributed by atoms with E-state index in [2.05, 4.69) is 0 Å². The van der Waals surface area contributed by atoms with Crippen molar-refractivity contribution in [3.8, 4) is 46.0 Å². The molecule has 0 fully saturated rings. The molecule has 2 unspecified atom stereocenters. The lowest BCUT2D eigenvalue weighted by Gasteiger charge is -2.33. The van der Waals surface area contributed by atoms with Crippen molar-refractivity contribution in [2.75, 3.05) is 21.3 Å². The predicted octanol–water partition coefficient (Wildman–Crippen LogP) is 11.8. The summed E-state index contributed by atoms with van der Waals surface area (Å²) >= 11 is 0. The monoisotopic (exact) mass is 997 g/mol. The fourth-order valence-corrected chi connectivity index (χ4v) is 15.0. The van der Waals surface area contributed by atoms with Crippen molar-refractivity contribution in [3.63, 3.8) is 0 Å². The Morgan fingerprint density at radius 3 is 0.754 bits per heavy atom. The van der Waals surface area contributed by atoms with Gasteiger partial charge in [0.05, 0.1) is 38.0 Å². The van der Waals surface area contributed by atoms with Crippen LogP contribution in [-0.4, -0.2) is 51.2 Å². The Hall–Kier alpha value is -7.84. The molecule has 19 nitrogen and oxygen atoms in total. The van der Waals surface area contributed by atoms with Crippen LogP contribution in [0.5, 0.6) is 46.0 Å². The molecule has 7 rings (SSSR count). The van der Waals surface area contributed by atoms with E-state index >= 15 is 0 Å². The maximum absolute atomic E-state index is 12.5. The lowest BCUT2D eigenvalue weighted by atomic mass is 10.2. The predicted molar refractivity (Wildman–Crippen MR) is 252 cm³/mol. The van der Waals surface area contributed by atoms with Gasteiger partial charge in [-0.2, -0.15) is 0 Å². The highest BCUT2D eigenvalue weighted by atomic mass is 31.3. The third-order valence-electron chi connectivity index (χ3n) is 9.04. The molecule has 0 N–H and O–H groups in total. The number of ether oxygens (including phenoxy) is 5. The van der Waals surface area contributed by atoms with Crippen molar-refractivity contribution in [1.29, 1.82) is 0 Å². The third-order valence-corrected chi connectivity index (χ3v) is 17.2. The van der Waals surface area contributed by atoms with Crippen LogP contribution in [0.4, 0.5) is 0 Å². The Morgan fingerprint density at radius 2 is 0.536 bits per heavy atom. The van der Waals surface area contributed by atoms with E-state index in [9.17, 15) is 24.0 Å². The topological polar surface area (TPSA) is 224 Å². The van der Waals surface area contributed by atoms with Crippen molar-refractivity contribution < 1.29 is 74.8 Å². The summed E-state index contributed by atoms with van der Waals surface area (Å²) in [5.41, 5.74) is 1.46. The zero-order valence-corrected chi connectivity index (χ0v) is 40.3. The van der Waals surface area contributed by atoms with Crippen LogP contribution < -0.4 is 36.6 Å². The van der Waals surface area contributed by atoms with Gasteiger partial charge in [0, 0.05) is 13.8 Å². The number of nitrogens with zero attached hydrogens (tertiary/aromatic N) is 3. The second-order valence-corrected chi connectivity index (χ2v) is 20.5. The van der Waals surface area contributed by atoms with Crippen molar-refractivity contribution in [2.45, 2.75) is 20.8 Å². The molecule has 1 aliphatic rings. The number of carbonyl (C=O) groups is 5. The molecule has 22 heteroatoms. The first-order valence-corrected chi connectivity index (χ1v) is 25.0. The zero-order chi connectivity index (χ0) is 49.2. The van der Waals surface area contributed by atoms with Crippen LogP contribution in [0.2, 0.25) is 0 Å². The average molecular weight is 998 g/mol. The Balaban J connectivity index is 1.56. The van der Waals surface area contributed by atoms with E-state index in [1.54, 1.807) is 24.3 Å². The van der Waals surface area contributed by atoms with E-state index in [0.717, 1.165) is 5.56 Å². The van der Waals surface area contributed by atoms with E-state index in [1.165, 1.54) is 157 Å². The minimum Gasteiger partial charge on any atom is -0.465 e. The van der Waals surface area contributed by atoms with Crippen LogP contribution in [-0.2, 0) is 23.8 Å². The number of methoxy groups -OCH3 is 3. The number of benzene rings is 6. The second-order valence-electron chi connectivity index (χ2n) is 14.3. The minimum absolute atomic E-state index is 0.0713. The summed E-state index contributed by atoms with van der Waals surface area (Å²) in [6, 6.07) is 36.3. The van der Waals surface area contributed by atoms with Crippen molar-refractivity contribution >= 4 is 52.8 Å². The molecule has 0 radical (unpaired) electrons. The molecule has 6 aromatic rings. The summed E-state index contributed by atoms with van der Waals surface area (Å²) in [7, 11) is -9.72. The van der Waals surface area contributed by atoms with Crippen LogP contribution in [0, 0.1) is 6.92 Å². The quantitative estimate of drug-likeness (QED) is 0.0358. The van der Waals surface area contributed by atoms with Gasteiger partial charge in [-0.05, 0) is 140 Å². The van der Waals surface area contributed by atoms with Gasteiger partial charge in [-0.3, -0.25) is 9.59 Å². The third kappa shape index (κ3) is 12.8. The Morgan fingerprint density at radius 1 is 0.333 bits per heavy atom. The van der Waals surface area contributed by atoms with Gasteiger partial charge in [0.2, 0.25) is 0 Å². The molecular formula is C47H42N3O16P3. The average Bonchev–Trinajstić information content (AvgIpc) is 3.33. The Labute approximate surface area is 395 Å². The van der Waals surface area contributed by atoms with Crippen LogP contribution in [0.25, 0.3) is 0 Å². The molecule has 69 heavy (non-hydrogen) atoms. The van der Waals surface area contributed by atoms with Crippen LogP contribution in [0.3, 0.4) is 0 Å². The van der Waals surface area contributed by atoms with E-state index in [-0.39, 0.29) is 62.7 Å². The first-order valence-electron chi connectivity index (χ1n) is 20.4. The number of aryl methyl sites for hydroxylation is 1. The smallest absolute Gasteiger partial charge is 0.460 e. The highest BCUT2D eigenvalue weighted by Gasteiger charge is 2.49. The normalized spacial score (nSPS) is 16.6. The lowest BCUT2D eigenvalue weighted by Crippen LogP contribution is -2.11. The molecule has 1 heterocycles. The Kier molecular flexibility index (Phi) is 15.2. The molecule has 2 atom stereocenters. The van der Waals surface area contributed by atoms with Gasteiger partial charge in [-0.1, -0.05) is 31.2 Å². The maximum atomic E-state index is 12.5. The summed E-state index contributed by atoms with van der Waals surface area (Å²) in [5.74, 6) is -1.95. The molecule has 0 aromatic heterocycles. The highest BCUT2D eigenvalue weighted by molar-refractivity contribution is 7.79. The van der Waals surface area contributed by atoms with Crippen LogP contribution >= 0.6 is 23.0 Å². The number of rotatable bonds is 17. The van der Waals surface area contributed by atoms with E-state index in [4.69, 9.17) is 64.4 Å². The molecule has 0 aliphatic carbocycles. The molecule has 0 saturated carbocycles. The van der Waals surface area contributed by atoms with Gasteiger partial charge in [-0.25, -0.2) is 14.4 Å². The largest absolute Gasteiger partial charge is 0.465 e. The zero-order valence-electron chi connectivity index (χ0n) is 37.6. The fraction of sp³-hybridized carbons (Fsp3) is 0.128. The van der Waals surface area contributed by atoms with Crippen LogP contribution in [0.1, 0.15) is 50.5 Å². The summed E-state index contributed by atoms with van der Waals surface area (Å²) in [5, 5.41) is 0. The highest BCUT2D eigenvalue weighted by Crippen LogP contribution is 2.78. The first-order chi connectivity index (χ1) is 33.1. The van der Waals surface area contributed by atoms with Gasteiger partial charge in [0.25, 0.3) is 0 Å². The first kappa shape index (κ1) is 49.1. The molecule has 0 amide bonds. The Bertz CT molecular complexity index is 2970. The van der Waals surface area contributed by atoms with Crippen LogP contribution in [0.15, 0.2) is 159 Å². The van der Waals surface area contributed by atoms with Crippen molar-refractivity contribution in [3.05, 3.63) is 168 Å². The van der Waals surface area contributed by atoms with Gasteiger partial charge in [0.1, 0.15) is 46.0 Å². The second kappa shape index (κ2) is 21.4. The van der Waals surface area contributed by atoms with Gasteiger partial charge >= 0.3 is 52.8 Å². The number of hydrogen-bond acceptors (Lipinski definition) is 19. The lowest BCUT2D eigenvalue weighted by molar-refractivity contribution is -0.132. The number of carbonyl (C=O) groups excluding carboxylic acids is 5. The van der Waals surface area contributed by atoms with Crippen molar-refractivity contribution in [1.82, 2.24) is 0 Å². The number of hydrogen-bond donors (Lipinski definition) is 0. The SMILES string of the molecule is COC(=O)c1ccc(OP2(Oc3ccc(OC(C)=O)cc3)=NP(Oc3ccc(C)cc3)(Oc3ccc(OC(C)=O)cc3)=NP(Oc3ccc(C(=O)OC)cc3)(Oc3ccc(C(=O)OC)cc3)=N2)cc1. The summed E-state index contributed by atoms with van der Waals surface area (Å²) < 4.78 is 81.5. The number of esters is 5. The van der Waals surface area contributed by atoms with Crippen molar-refractivity contribution in [2.24, 2.45) is 13.5 Å². The standard InChI is InChI=1S/C47H42N3O16P3/c1-31-7-15-39(16-8-31)61-67(65-43-27-23-37(24-28-43)59-32(2)51)48-68(62-40-17-9-34(10-18-40)45(53)56-4,63-41-19-11-35(12-20-41)46(54)57-5)50-69(49-67,64-42-21-13-36(14-22-42)47(55)58-6)66-44-29-25-38(26-30-44)60-33(3)52/h7-30H,1-6H3. The fourth-order valence-electron chi connectivity index (χ4n) is 5.96. The van der Waals surface area contributed by atoms with E-state index in [0.29, 0.717) is 0 Å². The summed E-state index contributed by atoms with van der Waals surface area (Å²) in [6.07, 6.45) is 0. The molecule has 0 bridgehead atoms. The molecule has 356 valence electrons. The molecule has 0 saturated heterocycles. The molecule has 6 aromatic carbocycles. The minimum atomic E-state index is -4.50. The molecule has 0 spiro atoms. The van der Waals surface area contributed by atoms with E-state index in [1.807, 2.05) is 6.92 Å². The van der Waals surface area contributed by atoms with Gasteiger partial charge < -0.3 is 50.8 Å². The molecular weight excluding hydrogens is 955 g/mol. The van der Waals surface area contributed by atoms with Gasteiger partial charge in [-0.15, -0.1) is 0 Å².